The van der Waals surface area contributed by atoms with Crippen LogP contribution < -0.4 is 15.5 Å². The highest BCUT2D eigenvalue weighted by molar-refractivity contribution is 7.89. The molecule has 46 heavy (non-hydrogen) atoms. The van der Waals surface area contributed by atoms with Gasteiger partial charge in [0.1, 0.15) is 11.6 Å². The Balaban J connectivity index is 1.29. The van der Waals surface area contributed by atoms with Crippen LogP contribution in [-0.2, 0) is 29.2 Å². The van der Waals surface area contributed by atoms with Gasteiger partial charge in [0.05, 0.1) is 32.9 Å². The molecule has 2 aromatic carbocycles. The van der Waals surface area contributed by atoms with Gasteiger partial charge in [-0.15, -0.1) is 0 Å². The molecule has 12 nitrogen and oxygen atoms in total. The number of rotatable bonds is 7. The van der Waals surface area contributed by atoms with Crippen LogP contribution in [0.2, 0.25) is 0 Å². The van der Waals surface area contributed by atoms with Gasteiger partial charge in [0.15, 0.2) is 5.82 Å². The monoisotopic (exact) mass is 652 g/mol. The number of nitrogens with zero attached hydrogens (tertiary/aromatic N) is 5. The molecule has 0 bridgehead atoms. The summed E-state index contributed by atoms with van der Waals surface area (Å²) in [7, 11) is -0.498. The molecule has 2 amide bonds. The van der Waals surface area contributed by atoms with E-state index in [0.717, 1.165) is 48.3 Å². The lowest BCUT2D eigenvalue weighted by atomic mass is 10.0. The Hall–Kier alpha value is -4.60. The third-order valence-electron chi connectivity index (χ3n) is 8.52. The number of carbonyl (C=O) groups excluding carboxylic acids is 2. The van der Waals surface area contributed by atoms with Crippen LogP contribution in [0.4, 0.5) is 26.0 Å². The van der Waals surface area contributed by atoms with Gasteiger partial charge in [-0.05, 0) is 57.3 Å². The van der Waals surface area contributed by atoms with Crippen LogP contribution >= 0.6 is 0 Å². The van der Waals surface area contributed by atoms with Crippen LogP contribution in [0.25, 0.3) is 0 Å². The molecule has 15 heteroatoms. The zero-order valence-corrected chi connectivity index (χ0v) is 26.6. The average Bonchev–Trinajstić information content (AvgIpc) is 3.68. The molecular formula is C31H34F2N8O4S. The lowest BCUT2D eigenvalue weighted by Crippen LogP contribution is -2.44. The first-order valence-electron chi connectivity index (χ1n) is 14.6. The molecule has 242 valence electrons. The summed E-state index contributed by atoms with van der Waals surface area (Å²) in [5, 5.41) is 12.7. The van der Waals surface area contributed by atoms with Crippen molar-refractivity contribution in [2.75, 3.05) is 48.8 Å². The van der Waals surface area contributed by atoms with Crippen molar-refractivity contribution in [1.29, 1.82) is 0 Å². The van der Waals surface area contributed by atoms with Gasteiger partial charge in [-0.25, -0.2) is 17.2 Å². The normalized spacial score (nSPS) is 16.8. The predicted molar refractivity (Wildman–Crippen MR) is 168 cm³/mol. The topological polar surface area (TPSA) is 136 Å². The Bertz CT molecular complexity index is 1930. The quantitative estimate of drug-likeness (QED) is 0.277. The summed E-state index contributed by atoms with van der Waals surface area (Å²) < 4.78 is 57.8. The molecule has 4 heterocycles. The Morgan fingerprint density at radius 3 is 2.28 bits per heavy atom. The second-order valence-corrected chi connectivity index (χ2v) is 14.0. The minimum absolute atomic E-state index is 0.0969. The number of aromatic nitrogens is 3. The summed E-state index contributed by atoms with van der Waals surface area (Å²) >= 11 is 0. The van der Waals surface area contributed by atoms with Gasteiger partial charge in [-0.1, -0.05) is 0 Å². The number of fused-ring (bicyclic) bond motifs is 1. The second-order valence-electron chi connectivity index (χ2n) is 12.1. The van der Waals surface area contributed by atoms with Crippen LogP contribution in [0.5, 0.6) is 0 Å². The highest BCUT2D eigenvalue weighted by atomic mass is 32.2. The molecule has 0 atom stereocenters. The van der Waals surface area contributed by atoms with E-state index in [0.29, 0.717) is 28.6 Å². The lowest BCUT2D eigenvalue weighted by molar-refractivity contribution is 0.102. The Kier molecular flexibility index (Phi) is 7.94. The molecule has 0 unspecified atom stereocenters. The number of piperazine rings is 1. The number of carbonyl (C=O) groups is 2. The zero-order valence-electron chi connectivity index (χ0n) is 25.8. The van der Waals surface area contributed by atoms with Crippen LogP contribution in [-0.4, -0.2) is 77.4 Å². The van der Waals surface area contributed by atoms with Crippen LogP contribution in [0.15, 0.2) is 59.8 Å². The van der Waals surface area contributed by atoms with E-state index in [2.05, 4.69) is 37.7 Å². The SMILES string of the molecule is CN1CCN(c2ccc(C(=O)Nc3n[nH]c4c3CN(S(=O)(=O)c3cc(F)cc(F)c3)C4(C)C)c(NC(=O)c3ccn(C)c3)c2)CC1. The number of aryl methyl sites for hydroxylation is 1. The summed E-state index contributed by atoms with van der Waals surface area (Å²) in [6.07, 6.45) is 3.42. The van der Waals surface area contributed by atoms with E-state index < -0.39 is 38.0 Å². The minimum Gasteiger partial charge on any atom is -0.369 e. The Morgan fingerprint density at radius 2 is 1.63 bits per heavy atom. The maximum absolute atomic E-state index is 13.9. The van der Waals surface area contributed by atoms with E-state index in [1.54, 1.807) is 56.1 Å². The largest absolute Gasteiger partial charge is 0.369 e. The van der Waals surface area contributed by atoms with Crippen molar-refractivity contribution in [1.82, 2.24) is 24.0 Å². The van der Waals surface area contributed by atoms with E-state index in [-0.39, 0.29) is 23.8 Å². The Morgan fingerprint density at radius 1 is 0.935 bits per heavy atom. The van der Waals surface area contributed by atoms with Crippen LogP contribution in [0.3, 0.4) is 0 Å². The van der Waals surface area contributed by atoms with E-state index >= 15 is 0 Å². The molecule has 1 fully saturated rings. The summed E-state index contributed by atoms with van der Waals surface area (Å²) in [4.78, 5) is 30.8. The number of hydrogen-bond acceptors (Lipinski definition) is 7. The summed E-state index contributed by atoms with van der Waals surface area (Å²) in [6, 6.07) is 9.03. The first kappa shape index (κ1) is 31.4. The molecular weight excluding hydrogens is 618 g/mol. The van der Waals surface area contributed by atoms with Gasteiger partial charge in [0.25, 0.3) is 11.8 Å². The van der Waals surface area contributed by atoms with Gasteiger partial charge < -0.3 is 25.0 Å². The molecule has 6 rings (SSSR count). The van der Waals surface area contributed by atoms with Crippen LogP contribution in [0, 0.1) is 11.6 Å². The number of likely N-dealkylation sites (N-methyl/N-ethyl adjacent to an activating group) is 1. The van der Waals surface area contributed by atoms with Crippen molar-refractivity contribution in [2.24, 2.45) is 7.05 Å². The van der Waals surface area contributed by atoms with E-state index in [1.165, 1.54) is 0 Å². The standard InChI is InChI=1S/C31H34F2N8O4S/c1-31(2)27-25(18-41(31)46(44,45)23-14-20(32)13-21(33)15-23)28(37-36-27)35-30(43)24-6-5-22(40-11-9-38(3)10-12-40)16-26(24)34-29(42)19-7-8-39(4)17-19/h5-8,13-17H,9-12,18H2,1-4H3,(H,34,42)(H2,35,36,37,43). The van der Waals surface area contributed by atoms with Crippen molar-refractivity contribution in [3.8, 4) is 0 Å². The molecule has 2 aromatic heterocycles. The number of sulfonamides is 1. The number of anilines is 3. The molecule has 4 aromatic rings. The average molecular weight is 653 g/mol. The molecule has 3 N–H and O–H groups in total. The number of hydrogen-bond donors (Lipinski definition) is 3. The number of H-pyrrole nitrogens is 1. The van der Waals surface area contributed by atoms with Crippen molar-refractivity contribution in [3.05, 3.63) is 88.9 Å². The lowest BCUT2D eigenvalue weighted by Gasteiger charge is -2.34. The number of halogens is 2. The molecule has 1 saturated heterocycles. The van der Waals surface area contributed by atoms with E-state index in [9.17, 15) is 26.8 Å². The fraction of sp³-hybridized carbons (Fsp3) is 0.323. The smallest absolute Gasteiger partial charge is 0.258 e. The van der Waals surface area contributed by atoms with E-state index in [1.807, 2.05) is 6.07 Å². The van der Waals surface area contributed by atoms with Crippen molar-refractivity contribution >= 4 is 39.0 Å². The number of nitrogens with one attached hydrogen (secondary N) is 3. The number of benzene rings is 2. The summed E-state index contributed by atoms with van der Waals surface area (Å²) in [5.74, 6) is -2.90. The minimum atomic E-state index is -4.35. The highest BCUT2D eigenvalue weighted by Gasteiger charge is 2.48. The maximum Gasteiger partial charge on any atom is 0.258 e. The molecule has 0 aliphatic carbocycles. The van der Waals surface area contributed by atoms with Gasteiger partial charge in [-0.3, -0.25) is 14.7 Å². The molecule has 0 radical (unpaired) electrons. The third-order valence-corrected chi connectivity index (χ3v) is 10.5. The molecule has 2 aliphatic heterocycles. The Labute approximate surface area is 265 Å². The fourth-order valence-corrected chi connectivity index (χ4v) is 7.66. The highest BCUT2D eigenvalue weighted by Crippen LogP contribution is 2.44. The van der Waals surface area contributed by atoms with Crippen LogP contribution in [0.1, 0.15) is 45.8 Å². The van der Waals surface area contributed by atoms with E-state index in [4.69, 9.17) is 0 Å². The van der Waals surface area contributed by atoms with Gasteiger partial charge in [0.2, 0.25) is 10.0 Å². The number of aromatic amines is 1. The zero-order chi connectivity index (χ0) is 33.0. The molecule has 0 spiro atoms. The van der Waals surface area contributed by atoms with Gasteiger partial charge in [0, 0.05) is 69.5 Å². The van der Waals surface area contributed by atoms with Crippen molar-refractivity contribution in [2.45, 2.75) is 30.8 Å². The second kappa shape index (κ2) is 11.6. The van der Waals surface area contributed by atoms with Gasteiger partial charge in [-0.2, -0.15) is 9.40 Å². The molecule has 2 aliphatic rings. The van der Waals surface area contributed by atoms with Crippen molar-refractivity contribution in [3.63, 3.8) is 0 Å². The predicted octanol–water partition coefficient (Wildman–Crippen LogP) is 3.72. The summed E-state index contributed by atoms with van der Waals surface area (Å²) in [5.41, 5.74) is 1.39. The first-order chi connectivity index (χ1) is 21.7. The van der Waals surface area contributed by atoms with Crippen molar-refractivity contribution < 1.29 is 26.8 Å². The number of amides is 2. The van der Waals surface area contributed by atoms with Gasteiger partial charge >= 0.3 is 0 Å². The summed E-state index contributed by atoms with van der Waals surface area (Å²) in [6.45, 7) is 6.35. The maximum atomic E-state index is 13.9. The third kappa shape index (κ3) is 5.76. The fourth-order valence-electron chi connectivity index (χ4n) is 5.89. The first-order valence-corrected chi connectivity index (χ1v) is 16.1. The molecule has 0 saturated carbocycles.